The first-order valence-electron chi connectivity index (χ1n) is 4.61. The molecule has 1 aliphatic rings. The third kappa shape index (κ3) is 3.98. The second-order valence-electron chi connectivity index (χ2n) is 2.69. The van der Waals surface area contributed by atoms with Crippen molar-refractivity contribution in [3.63, 3.8) is 0 Å². The van der Waals surface area contributed by atoms with Gasteiger partial charge in [0.05, 0.1) is 6.07 Å². The highest BCUT2D eigenvalue weighted by Gasteiger charge is 2.00. The lowest BCUT2D eigenvalue weighted by atomic mass is 10.1. The zero-order valence-electron chi connectivity index (χ0n) is 8.17. The molecule has 1 unspecified atom stereocenters. The maximum atomic E-state index is 8.53. The molecule has 0 aromatic heterocycles. The van der Waals surface area contributed by atoms with Crippen LogP contribution in [0.1, 0.15) is 33.6 Å². The average molecular weight is 163 g/mol. The molecule has 0 fully saturated rings. The summed E-state index contributed by atoms with van der Waals surface area (Å²) in [6.07, 6.45) is 8.22. The Hall–Kier alpha value is -1.03. The number of nitriles is 1. The molecule has 0 heterocycles. The van der Waals surface area contributed by atoms with Gasteiger partial charge in [-0.15, -0.1) is 0 Å². The molecule has 1 nitrogen and oxygen atoms in total. The molecule has 0 saturated heterocycles. The van der Waals surface area contributed by atoms with Crippen molar-refractivity contribution in [1.29, 1.82) is 5.26 Å². The summed E-state index contributed by atoms with van der Waals surface area (Å²) in [5.41, 5.74) is 0.810. The van der Waals surface area contributed by atoms with Crippen LogP contribution in [-0.4, -0.2) is 0 Å². The number of nitrogens with zero attached hydrogens (tertiary/aromatic N) is 1. The van der Waals surface area contributed by atoms with Crippen molar-refractivity contribution >= 4 is 0 Å². The first-order chi connectivity index (χ1) is 5.83. The fourth-order valence-electron chi connectivity index (χ4n) is 1.02. The highest BCUT2D eigenvalue weighted by Crippen LogP contribution is 2.14. The van der Waals surface area contributed by atoms with Crippen molar-refractivity contribution in [2.75, 3.05) is 0 Å². The van der Waals surface area contributed by atoms with Gasteiger partial charge in [0.25, 0.3) is 0 Å². The molecule has 0 radical (unpaired) electrons. The van der Waals surface area contributed by atoms with E-state index < -0.39 is 0 Å². The van der Waals surface area contributed by atoms with Crippen molar-refractivity contribution in [2.45, 2.75) is 33.6 Å². The first-order valence-corrected chi connectivity index (χ1v) is 4.61. The van der Waals surface area contributed by atoms with E-state index in [9.17, 15) is 0 Å². The first kappa shape index (κ1) is 11.0. The molecule has 0 saturated carbocycles. The summed E-state index contributed by atoms with van der Waals surface area (Å²) >= 11 is 0. The highest BCUT2D eigenvalue weighted by molar-refractivity contribution is 5.33. The van der Waals surface area contributed by atoms with Gasteiger partial charge in [0, 0.05) is 5.57 Å². The standard InChI is InChI=1S/C9H11N.C2H6/c1-8-3-2-4-9(7-10)6-5-8;1-2/h4-6,8H,2-3H2,1H3;1-2H3. The predicted molar refractivity (Wildman–Crippen MR) is 52.6 cm³/mol. The van der Waals surface area contributed by atoms with Gasteiger partial charge < -0.3 is 0 Å². The minimum atomic E-state index is 0.627. The van der Waals surface area contributed by atoms with E-state index in [4.69, 9.17) is 5.26 Å². The Morgan fingerprint density at radius 3 is 2.75 bits per heavy atom. The van der Waals surface area contributed by atoms with Gasteiger partial charge in [0.15, 0.2) is 0 Å². The lowest BCUT2D eigenvalue weighted by Gasteiger charge is -1.97. The van der Waals surface area contributed by atoms with Gasteiger partial charge in [-0.1, -0.05) is 32.9 Å². The zero-order valence-corrected chi connectivity index (χ0v) is 8.17. The van der Waals surface area contributed by atoms with Gasteiger partial charge in [-0.2, -0.15) is 5.26 Å². The summed E-state index contributed by atoms with van der Waals surface area (Å²) in [6, 6.07) is 2.14. The monoisotopic (exact) mass is 163 g/mol. The van der Waals surface area contributed by atoms with Gasteiger partial charge >= 0.3 is 0 Å². The van der Waals surface area contributed by atoms with E-state index in [1.165, 1.54) is 6.42 Å². The van der Waals surface area contributed by atoms with Crippen LogP contribution in [-0.2, 0) is 0 Å². The van der Waals surface area contributed by atoms with Crippen LogP contribution in [0, 0.1) is 17.2 Å². The minimum Gasteiger partial charge on any atom is -0.192 e. The molecule has 0 bridgehead atoms. The molecule has 12 heavy (non-hydrogen) atoms. The third-order valence-electron chi connectivity index (χ3n) is 1.72. The second-order valence-corrected chi connectivity index (χ2v) is 2.69. The Bertz CT molecular complexity index is 206. The zero-order chi connectivity index (χ0) is 9.40. The molecule has 1 aliphatic carbocycles. The largest absolute Gasteiger partial charge is 0.192 e. The molecule has 0 aliphatic heterocycles. The van der Waals surface area contributed by atoms with Crippen LogP contribution >= 0.6 is 0 Å². The third-order valence-corrected chi connectivity index (χ3v) is 1.72. The molecule has 0 N–H and O–H groups in total. The SMILES string of the molecule is CC.CC1C=CC(C#N)=CCC1. The number of hydrogen-bond donors (Lipinski definition) is 0. The van der Waals surface area contributed by atoms with E-state index in [0.717, 1.165) is 12.0 Å². The molecule has 0 aromatic rings. The molecule has 1 atom stereocenters. The molecule has 1 heteroatoms. The van der Waals surface area contributed by atoms with E-state index in [1.807, 2.05) is 26.0 Å². The molecular weight excluding hydrogens is 146 g/mol. The molecule has 1 rings (SSSR count). The van der Waals surface area contributed by atoms with Crippen LogP contribution in [0.4, 0.5) is 0 Å². The van der Waals surface area contributed by atoms with Gasteiger partial charge in [-0.05, 0) is 24.8 Å². The quantitative estimate of drug-likeness (QED) is 0.536. The maximum Gasteiger partial charge on any atom is 0.0988 e. The highest BCUT2D eigenvalue weighted by atomic mass is 14.2. The normalized spacial score (nSPS) is 21.2. The Balaban J connectivity index is 0.000000561. The Morgan fingerprint density at radius 2 is 2.17 bits per heavy atom. The summed E-state index contributed by atoms with van der Waals surface area (Å²) in [7, 11) is 0. The van der Waals surface area contributed by atoms with Gasteiger partial charge in [-0.3, -0.25) is 0 Å². The predicted octanol–water partition coefficient (Wildman–Crippen LogP) is 3.45. The molecule has 0 spiro atoms. The van der Waals surface area contributed by atoms with E-state index in [0.29, 0.717) is 5.92 Å². The summed E-state index contributed by atoms with van der Waals surface area (Å²) in [6.45, 7) is 6.17. The Kier molecular flexibility index (Phi) is 6.09. The lowest BCUT2D eigenvalue weighted by molar-refractivity contribution is 0.662. The fourth-order valence-corrected chi connectivity index (χ4v) is 1.02. The second kappa shape index (κ2) is 6.67. The van der Waals surface area contributed by atoms with Crippen molar-refractivity contribution in [3.05, 3.63) is 23.8 Å². The number of hydrogen-bond acceptors (Lipinski definition) is 1. The summed E-state index contributed by atoms with van der Waals surface area (Å²) in [5.74, 6) is 0.627. The molecule has 0 aromatic carbocycles. The van der Waals surface area contributed by atoms with Crippen LogP contribution in [0.15, 0.2) is 23.8 Å². The Labute approximate surface area is 75.4 Å². The van der Waals surface area contributed by atoms with Crippen LogP contribution in [0.3, 0.4) is 0 Å². The van der Waals surface area contributed by atoms with Crippen molar-refractivity contribution < 1.29 is 0 Å². The van der Waals surface area contributed by atoms with Gasteiger partial charge in [-0.25, -0.2) is 0 Å². The van der Waals surface area contributed by atoms with Crippen molar-refractivity contribution in [3.8, 4) is 6.07 Å². The van der Waals surface area contributed by atoms with Crippen LogP contribution in [0.25, 0.3) is 0 Å². The van der Waals surface area contributed by atoms with E-state index >= 15 is 0 Å². The van der Waals surface area contributed by atoms with Crippen LogP contribution in [0.2, 0.25) is 0 Å². The smallest absolute Gasteiger partial charge is 0.0988 e. The number of allylic oxidation sites excluding steroid dienone is 4. The number of rotatable bonds is 0. The van der Waals surface area contributed by atoms with E-state index in [2.05, 4.69) is 19.1 Å². The summed E-state index contributed by atoms with van der Waals surface area (Å²) < 4.78 is 0. The van der Waals surface area contributed by atoms with Crippen LogP contribution in [0.5, 0.6) is 0 Å². The van der Waals surface area contributed by atoms with E-state index in [1.54, 1.807) is 0 Å². The lowest BCUT2D eigenvalue weighted by Crippen LogP contribution is -1.84. The van der Waals surface area contributed by atoms with Crippen molar-refractivity contribution in [2.24, 2.45) is 5.92 Å². The van der Waals surface area contributed by atoms with Gasteiger partial charge in [0.2, 0.25) is 0 Å². The molecule has 0 amide bonds. The average Bonchev–Trinajstić information content (AvgIpc) is 2.33. The molecule has 66 valence electrons. The van der Waals surface area contributed by atoms with Gasteiger partial charge in [0.1, 0.15) is 0 Å². The van der Waals surface area contributed by atoms with E-state index in [-0.39, 0.29) is 0 Å². The summed E-state index contributed by atoms with van der Waals surface area (Å²) in [4.78, 5) is 0. The minimum absolute atomic E-state index is 0.627. The van der Waals surface area contributed by atoms with Crippen LogP contribution < -0.4 is 0 Å². The Morgan fingerprint density at radius 1 is 1.50 bits per heavy atom. The summed E-state index contributed by atoms with van der Waals surface area (Å²) in [5, 5.41) is 8.53. The molecular formula is C11H17N. The fraction of sp³-hybridized carbons (Fsp3) is 0.545. The maximum absolute atomic E-state index is 8.53. The topological polar surface area (TPSA) is 23.8 Å². The van der Waals surface area contributed by atoms with Crippen molar-refractivity contribution in [1.82, 2.24) is 0 Å².